The first-order valence-corrected chi connectivity index (χ1v) is 8.62. The van der Waals surface area contributed by atoms with Gasteiger partial charge in [0.15, 0.2) is 0 Å². The van der Waals surface area contributed by atoms with E-state index in [1.165, 1.54) is 6.07 Å². The van der Waals surface area contributed by atoms with Gasteiger partial charge in [0.05, 0.1) is 12.2 Å². The van der Waals surface area contributed by atoms with Crippen molar-refractivity contribution in [1.82, 2.24) is 5.32 Å². The number of rotatable bonds is 5. The van der Waals surface area contributed by atoms with Crippen molar-refractivity contribution in [3.63, 3.8) is 0 Å². The van der Waals surface area contributed by atoms with Gasteiger partial charge in [-0.15, -0.1) is 0 Å². The van der Waals surface area contributed by atoms with Gasteiger partial charge in [-0.25, -0.2) is 0 Å². The Morgan fingerprint density at radius 1 is 1.00 bits per heavy atom. The molecule has 1 heterocycles. The van der Waals surface area contributed by atoms with E-state index in [0.717, 1.165) is 43.1 Å². The maximum Gasteiger partial charge on any atom is 0.416 e. The number of halogens is 3. The molecule has 1 N–H and O–H groups in total. The summed E-state index contributed by atoms with van der Waals surface area (Å²) in [6, 6.07) is 13.9. The predicted molar refractivity (Wildman–Crippen MR) is 91.9 cm³/mol. The molecular formula is C20H22F3NO. The van der Waals surface area contributed by atoms with E-state index in [9.17, 15) is 13.2 Å². The van der Waals surface area contributed by atoms with Gasteiger partial charge in [0.2, 0.25) is 0 Å². The molecule has 0 unspecified atom stereocenters. The molecule has 3 rings (SSSR count). The van der Waals surface area contributed by atoms with Crippen molar-refractivity contribution in [3.05, 3.63) is 65.2 Å². The Bertz CT molecular complexity index is 679. The number of ether oxygens (including phenoxy) is 1. The first-order chi connectivity index (χ1) is 12.0. The van der Waals surface area contributed by atoms with Crippen molar-refractivity contribution in [2.75, 3.05) is 19.7 Å². The zero-order valence-corrected chi connectivity index (χ0v) is 14.0. The van der Waals surface area contributed by atoms with Crippen LogP contribution in [0.1, 0.15) is 35.4 Å². The van der Waals surface area contributed by atoms with Crippen molar-refractivity contribution < 1.29 is 17.9 Å². The Morgan fingerprint density at radius 3 is 2.40 bits per heavy atom. The van der Waals surface area contributed by atoms with Crippen molar-refractivity contribution >= 4 is 0 Å². The third kappa shape index (κ3) is 4.98. The quantitative estimate of drug-likeness (QED) is 0.838. The van der Waals surface area contributed by atoms with Crippen LogP contribution in [0.25, 0.3) is 0 Å². The molecule has 0 radical (unpaired) electrons. The second-order valence-electron chi connectivity index (χ2n) is 6.40. The summed E-state index contributed by atoms with van der Waals surface area (Å²) in [4.78, 5) is 0. The molecule has 1 aliphatic heterocycles. The predicted octanol–water partition coefficient (Wildman–Crippen LogP) is 4.79. The van der Waals surface area contributed by atoms with Gasteiger partial charge in [-0.05, 0) is 61.2 Å². The molecule has 0 atom stereocenters. The fourth-order valence-corrected chi connectivity index (χ4v) is 3.19. The molecule has 0 bridgehead atoms. The number of nitrogens with one attached hydrogen (secondary N) is 1. The van der Waals surface area contributed by atoms with E-state index in [-0.39, 0.29) is 5.92 Å². The highest BCUT2D eigenvalue weighted by Crippen LogP contribution is 2.36. The van der Waals surface area contributed by atoms with Crippen LogP contribution in [0.3, 0.4) is 0 Å². The van der Waals surface area contributed by atoms with E-state index in [4.69, 9.17) is 4.74 Å². The molecule has 1 aliphatic rings. The lowest BCUT2D eigenvalue weighted by molar-refractivity contribution is -0.137. The summed E-state index contributed by atoms with van der Waals surface area (Å²) in [5, 5.41) is 3.24. The molecule has 0 saturated carbocycles. The lowest BCUT2D eigenvalue weighted by Gasteiger charge is -2.24. The molecule has 1 fully saturated rings. The zero-order chi connectivity index (χ0) is 17.7. The SMILES string of the molecule is FC(F)(F)c1cc(OCCc2ccccc2)cc(C2CCNCC2)c1. The molecule has 0 spiro atoms. The lowest BCUT2D eigenvalue weighted by Crippen LogP contribution is -2.26. The highest BCUT2D eigenvalue weighted by molar-refractivity contribution is 5.38. The normalized spacial score (nSPS) is 16.0. The van der Waals surface area contributed by atoms with E-state index in [2.05, 4.69) is 5.32 Å². The third-order valence-corrected chi connectivity index (χ3v) is 4.57. The summed E-state index contributed by atoms with van der Waals surface area (Å²) in [7, 11) is 0. The molecule has 5 heteroatoms. The minimum atomic E-state index is -4.36. The van der Waals surface area contributed by atoms with E-state index < -0.39 is 11.7 Å². The molecule has 2 aromatic rings. The summed E-state index contributed by atoms with van der Waals surface area (Å²) in [5.41, 5.74) is 1.21. The van der Waals surface area contributed by atoms with Gasteiger partial charge in [0.1, 0.15) is 5.75 Å². The Kier molecular flexibility index (Phi) is 5.63. The van der Waals surface area contributed by atoms with Gasteiger partial charge in [-0.2, -0.15) is 13.2 Å². The highest BCUT2D eigenvalue weighted by atomic mass is 19.4. The van der Waals surface area contributed by atoms with Crippen LogP contribution in [0.4, 0.5) is 13.2 Å². The number of benzene rings is 2. The van der Waals surface area contributed by atoms with Crippen molar-refractivity contribution in [2.24, 2.45) is 0 Å². The summed E-state index contributed by atoms with van der Waals surface area (Å²) in [6.07, 6.45) is -1.99. The maximum atomic E-state index is 13.2. The van der Waals surface area contributed by atoms with E-state index in [1.54, 1.807) is 6.07 Å². The standard InChI is InChI=1S/C20H22F3NO/c21-20(22,23)18-12-17(16-6-9-24-10-7-16)13-19(14-18)25-11-8-15-4-2-1-3-5-15/h1-5,12-14,16,24H,6-11H2. The minimum absolute atomic E-state index is 0.153. The zero-order valence-electron chi connectivity index (χ0n) is 14.0. The molecule has 2 nitrogen and oxygen atoms in total. The fraction of sp³-hybridized carbons (Fsp3) is 0.400. The second-order valence-corrected chi connectivity index (χ2v) is 6.40. The fourth-order valence-electron chi connectivity index (χ4n) is 3.19. The van der Waals surface area contributed by atoms with Crippen LogP contribution < -0.4 is 10.1 Å². The number of piperidine rings is 1. The van der Waals surface area contributed by atoms with Crippen LogP contribution in [0.15, 0.2) is 48.5 Å². The summed E-state index contributed by atoms with van der Waals surface area (Å²) in [5.74, 6) is 0.458. The van der Waals surface area contributed by atoms with Crippen LogP contribution in [0.5, 0.6) is 5.75 Å². The third-order valence-electron chi connectivity index (χ3n) is 4.57. The molecule has 2 aromatic carbocycles. The van der Waals surface area contributed by atoms with Crippen molar-refractivity contribution in [3.8, 4) is 5.75 Å². The van der Waals surface area contributed by atoms with Crippen LogP contribution in [-0.4, -0.2) is 19.7 Å². The maximum absolute atomic E-state index is 13.2. The van der Waals surface area contributed by atoms with E-state index in [0.29, 0.717) is 18.8 Å². The Hall–Kier alpha value is -2.01. The van der Waals surface area contributed by atoms with Crippen LogP contribution >= 0.6 is 0 Å². The van der Waals surface area contributed by atoms with Gasteiger partial charge in [-0.3, -0.25) is 0 Å². The molecule has 134 valence electrons. The van der Waals surface area contributed by atoms with Gasteiger partial charge < -0.3 is 10.1 Å². The average Bonchev–Trinajstić information content (AvgIpc) is 2.62. The van der Waals surface area contributed by atoms with Crippen LogP contribution in [0.2, 0.25) is 0 Å². The Labute approximate surface area is 146 Å². The molecule has 1 saturated heterocycles. The largest absolute Gasteiger partial charge is 0.493 e. The van der Waals surface area contributed by atoms with Crippen LogP contribution in [0, 0.1) is 0 Å². The molecule has 0 aromatic heterocycles. The minimum Gasteiger partial charge on any atom is -0.493 e. The summed E-state index contributed by atoms with van der Waals surface area (Å²) < 4.78 is 45.4. The van der Waals surface area contributed by atoms with Gasteiger partial charge in [0, 0.05) is 6.42 Å². The Morgan fingerprint density at radius 2 is 1.72 bits per heavy atom. The van der Waals surface area contributed by atoms with Gasteiger partial charge >= 0.3 is 6.18 Å². The summed E-state index contributed by atoms with van der Waals surface area (Å²) >= 11 is 0. The lowest BCUT2D eigenvalue weighted by atomic mass is 9.89. The van der Waals surface area contributed by atoms with Crippen molar-refractivity contribution in [2.45, 2.75) is 31.4 Å². The highest BCUT2D eigenvalue weighted by Gasteiger charge is 2.32. The van der Waals surface area contributed by atoms with E-state index >= 15 is 0 Å². The van der Waals surface area contributed by atoms with Gasteiger partial charge in [-0.1, -0.05) is 30.3 Å². The van der Waals surface area contributed by atoms with Crippen LogP contribution in [-0.2, 0) is 12.6 Å². The first-order valence-electron chi connectivity index (χ1n) is 8.62. The Balaban J connectivity index is 1.74. The number of hydrogen-bond acceptors (Lipinski definition) is 2. The average molecular weight is 349 g/mol. The van der Waals surface area contributed by atoms with Crippen molar-refractivity contribution in [1.29, 1.82) is 0 Å². The first kappa shape index (κ1) is 17.8. The monoisotopic (exact) mass is 349 g/mol. The number of alkyl halides is 3. The second kappa shape index (κ2) is 7.91. The smallest absolute Gasteiger partial charge is 0.416 e. The topological polar surface area (TPSA) is 21.3 Å². The molecule has 0 amide bonds. The summed E-state index contributed by atoms with van der Waals surface area (Å²) in [6.45, 7) is 2.03. The molecule has 25 heavy (non-hydrogen) atoms. The van der Waals surface area contributed by atoms with Gasteiger partial charge in [0.25, 0.3) is 0 Å². The number of hydrogen-bond donors (Lipinski definition) is 1. The molecular weight excluding hydrogens is 327 g/mol. The van der Waals surface area contributed by atoms with E-state index in [1.807, 2.05) is 30.3 Å². The molecule has 0 aliphatic carbocycles.